The van der Waals surface area contributed by atoms with Crippen molar-refractivity contribution in [2.45, 2.75) is 37.3 Å². The molecule has 2 rings (SSSR count). The van der Waals surface area contributed by atoms with Gasteiger partial charge in [-0.25, -0.2) is 8.42 Å². The van der Waals surface area contributed by atoms with Gasteiger partial charge in [0.2, 0.25) is 10.0 Å². The first-order valence-corrected chi connectivity index (χ1v) is 8.78. The number of likely N-dealkylation sites (N-methyl/N-ethyl adjacent to an activating group) is 1. The summed E-state index contributed by atoms with van der Waals surface area (Å²) in [5.74, 6) is 0. The highest BCUT2D eigenvalue weighted by molar-refractivity contribution is 7.89. The van der Waals surface area contributed by atoms with Gasteiger partial charge in [0.15, 0.2) is 0 Å². The van der Waals surface area contributed by atoms with E-state index < -0.39 is 10.0 Å². The number of nitrogens with zero attached hydrogens (tertiary/aromatic N) is 3. The Kier molecular flexibility index (Phi) is 5.74. The Balaban J connectivity index is 1.99. The van der Waals surface area contributed by atoms with Crippen LogP contribution in [0.15, 0.2) is 17.3 Å². The Morgan fingerprint density at radius 1 is 1.43 bits per heavy atom. The van der Waals surface area contributed by atoms with Gasteiger partial charge in [-0.3, -0.25) is 4.68 Å². The predicted octanol–water partition coefficient (Wildman–Crippen LogP) is 0.292. The van der Waals surface area contributed by atoms with Crippen molar-refractivity contribution >= 4 is 10.0 Å². The van der Waals surface area contributed by atoms with Crippen molar-refractivity contribution in [2.24, 2.45) is 0 Å². The number of hydrogen-bond acceptors (Lipinski definition) is 5. The second-order valence-corrected chi connectivity index (χ2v) is 7.07. The summed E-state index contributed by atoms with van der Waals surface area (Å²) in [6.07, 6.45) is 4.69. The summed E-state index contributed by atoms with van der Waals surface area (Å²) < 4.78 is 33.5. The zero-order valence-corrected chi connectivity index (χ0v) is 13.5. The Hall–Kier alpha value is -0.960. The van der Waals surface area contributed by atoms with Gasteiger partial charge >= 0.3 is 0 Å². The standard InChI is InChI=1S/C13H24N4O3S/c1-3-14-6-9-16-11-13(10-15-16)21(18,19)17-7-4-12(20-2)5-8-17/h10-12,14H,3-9H2,1-2H3. The van der Waals surface area contributed by atoms with Crippen LogP contribution < -0.4 is 5.32 Å². The number of ether oxygens (including phenoxy) is 1. The molecular formula is C13H24N4O3S. The third-order valence-electron chi connectivity index (χ3n) is 3.75. The van der Waals surface area contributed by atoms with E-state index in [1.165, 1.54) is 10.5 Å². The molecule has 0 unspecified atom stereocenters. The molecule has 1 aliphatic heterocycles. The first kappa shape index (κ1) is 16.4. The maximum Gasteiger partial charge on any atom is 0.246 e. The molecule has 0 aliphatic carbocycles. The number of rotatable bonds is 7. The lowest BCUT2D eigenvalue weighted by atomic mass is 10.1. The van der Waals surface area contributed by atoms with Crippen LogP contribution in [0.3, 0.4) is 0 Å². The van der Waals surface area contributed by atoms with Gasteiger partial charge in [-0.1, -0.05) is 6.92 Å². The van der Waals surface area contributed by atoms with Gasteiger partial charge in [-0.05, 0) is 19.4 Å². The molecule has 0 spiro atoms. The van der Waals surface area contributed by atoms with Crippen LogP contribution in [-0.4, -0.2) is 61.9 Å². The SMILES string of the molecule is CCNCCn1cc(S(=O)(=O)N2CCC(OC)CC2)cn1. The molecule has 21 heavy (non-hydrogen) atoms. The molecule has 1 aromatic rings. The molecule has 8 heteroatoms. The van der Waals surface area contributed by atoms with Gasteiger partial charge in [0.05, 0.1) is 18.8 Å². The molecule has 1 aromatic heterocycles. The maximum absolute atomic E-state index is 12.5. The van der Waals surface area contributed by atoms with E-state index in [4.69, 9.17) is 4.74 Å². The number of hydrogen-bond donors (Lipinski definition) is 1. The number of nitrogens with one attached hydrogen (secondary N) is 1. The first-order chi connectivity index (χ1) is 10.1. The highest BCUT2D eigenvalue weighted by atomic mass is 32.2. The second kappa shape index (κ2) is 7.35. The summed E-state index contributed by atoms with van der Waals surface area (Å²) in [6, 6.07) is 0. The minimum absolute atomic E-state index is 0.166. The minimum Gasteiger partial charge on any atom is -0.381 e. The highest BCUT2D eigenvalue weighted by Crippen LogP contribution is 2.21. The van der Waals surface area contributed by atoms with Crippen LogP contribution in [0.5, 0.6) is 0 Å². The minimum atomic E-state index is -3.43. The van der Waals surface area contributed by atoms with Crippen molar-refractivity contribution in [2.75, 3.05) is 33.3 Å². The van der Waals surface area contributed by atoms with Crippen molar-refractivity contribution in [3.63, 3.8) is 0 Å². The third-order valence-corrected chi connectivity index (χ3v) is 5.60. The predicted molar refractivity (Wildman–Crippen MR) is 79.6 cm³/mol. The van der Waals surface area contributed by atoms with Crippen LogP contribution in [0.1, 0.15) is 19.8 Å². The summed E-state index contributed by atoms with van der Waals surface area (Å²) in [6.45, 7) is 5.36. The second-order valence-electron chi connectivity index (χ2n) is 5.13. The molecule has 1 saturated heterocycles. The lowest BCUT2D eigenvalue weighted by Gasteiger charge is -2.29. The first-order valence-electron chi connectivity index (χ1n) is 7.34. The van der Waals surface area contributed by atoms with Crippen LogP contribution in [-0.2, 0) is 21.3 Å². The van der Waals surface area contributed by atoms with Gasteiger partial charge in [0, 0.05) is 32.9 Å². The number of aromatic nitrogens is 2. The Morgan fingerprint density at radius 3 is 2.76 bits per heavy atom. The monoisotopic (exact) mass is 316 g/mol. The van der Waals surface area contributed by atoms with Gasteiger partial charge in [-0.15, -0.1) is 0 Å². The van der Waals surface area contributed by atoms with E-state index in [1.807, 2.05) is 6.92 Å². The summed E-state index contributed by atoms with van der Waals surface area (Å²) in [5.41, 5.74) is 0. The van der Waals surface area contributed by atoms with E-state index in [0.29, 0.717) is 19.6 Å². The topological polar surface area (TPSA) is 76.5 Å². The Morgan fingerprint density at radius 2 is 2.14 bits per heavy atom. The van der Waals surface area contributed by atoms with Crippen molar-refractivity contribution < 1.29 is 13.2 Å². The fourth-order valence-corrected chi connectivity index (χ4v) is 3.85. The number of piperidine rings is 1. The van der Waals surface area contributed by atoms with Crippen molar-refractivity contribution in [3.8, 4) is 0 Å². The van der Waals surface area contributed by atoms with E-state index in [-0.39, 0.29) is 11.0 Å². The fraction of sp³-hybridized carbons (Fsp3) is 0.769. The third kappa shape index (κ3) is 4.03. The van der Waals surface area contributed by atoms with Gasteiger partial charge in [0.25, 0.3) is 0 Å². The molecule has 1 aliphatic rings. The molecule has 0 atom stereocenters. The summed E-state index contributed by atoms with van der Waals surface area (Å²) in [5, 5.41) is 7.31. The van der Waals surface area contributed by atoms with Crippen molar-refractivity contribution in [1.82, 2.24) is 19.4 Å². The van der Waals surface area contributed by atoms with Gasteiger partial charge in [0.1, 0.15) is 4.90 Å². The molecule has 0 bridgehead atoms. The Labute approximate surface area is 126 Å². The number of sulfonamides is 1. The molecule has 0 aromatic carbocycles. The van der Waals surface area contributed by atoms with Crippen LogP contribution in [0.2, 0.25) is 0 Å². The smallest absolute Gasteiger partial charge is 0.246 e. The molecule has 2 heterocycles. The maximum atomic E-state index is 12.5. The van der Waals surface area contributed by atoms with E-state index in [1.54, 1.807) is 18.0 Å². The molecular weight excluding hydrogens is 292 g/mol. The largest absolute Gasteiger partial charge is 0.381 e. The molecule has 0 saturated carbocycles. The van der Waals surface area contributed by atoms with E-state index in [9.17, 15) is 8.42 Å². The fourth-order valence-electron chi connectivity index (χ4n) is 2.43. The average molecular weight is 316 g/mol. The molecule has 1 fully saturated rings. The molecule has 7 nitrogen and oxygen atoms in total. The van der Waals surface area contributed by atoms with E-state index >= 15 is 0 Å². The zero-order valence-electron chi connectivity index (χ0n) is 12.7. The normalized spacial score (nSPS) is 18.2. The zero-order chi connectivity index (χ0) is 15.3. The Bertz CT molecular complexity index is 535. The average Bonchev–Trinajstić information content (AvgIpc) is 2.97. The molecule has 1 N–H and O–H groups in total. The molecule has 120 valence electrons. The van der Waals surface area contributed by atoms with Crippen LogP contribution in [0.4, 0.5) is 0 Å². The van der Waals surface area contributed by atoms with E-state index in [0.717, 1.165) is 25.9 Å². The van der Waals surface area contributed by atoms with Crippen molar-refractivity contribution in [3.05, 3.63) is 12.4 Å². The van der Waals surface area contributed by atoms with Crippen molar-refractivity contribution in [1.29, 1.82) is 0 Å². The lowest BCUT2D eigenvalue weighted by Crippen LogP contribution is -2.40. The summed E-state index contributed by atoms with van der Waals surface area (Å²) >= 11 is 0. The quantitative estimate of drug-likeness (QED) is 0.732. The van der Waals surface area contributed by atoms with Crippen LogP contribution in [0, 0.1) is 0 Å². The number of methoxy groups -OCH3 is 1. The molecule has 0 amide bonds. The highest BCUT2D eigenvalue weighted by Gasteiger charge is 2.30. The van der Waals surface area contributed by atoms with E-state index in [2.05, 4.69) is 10.4 Å². The van der Waals surface area contributed by atoms with Gasteiger partial charge in [-0.2, -0.15) is 9.40 Å². The van der Waals surface area contributed by atoms with Crippen LogP contribution in [0.25, 0.3) is 0 Å². The van der Waals surface area contributed by atoms with Gasteiger partial charge < -0.3 is 10.1 Å². The summed E-state index contributed by atoms with van der Waals surface area (Å²) in [7, 11) is -1.76. The van der Waals surface area contributed by atoms with Crippen LogP contribution >= 0.6 is 0 Å². The molecule has 0 radical (unpaired) electrons. The lowest BCUT2D eigenvalue weighted by molar-refractivity contribution is 0.0604. The summed E-state index contributed by atoms with van der Waals surface area (Å²) in [4.78, 5) is 0.273.